The predicted molar refractivity (Wildman–Crippen MR) is 70.4 cm³/mol. The predicted octanol–water partition coefficient (Wildman–Crippen LogP) is 3.78. The first kappa shape index (κ1) is 10.2. The molecule has 2 aromatic heterocycles. The highest BCUT2D eigenvalue weighted by molar-refractivity contribution is 7.13. The van der Waals surface area contributed by atoms with E-state index in [0.717, 1.165) is 27.8 Å². The molecule has 0 N–H and O–H groups in total. The van der Waals surface area contributed by atoms with E-state index in [9.17, 15) is 4.79 Å². The molecule has 0 radical (unpaired) electrons. The van der Waals surface area contributed by atoms with E-state index in [1.165, 1.54) is 0 Å². The highest BCUT2D eigenvalue weighted by Crippen LogP contribution is 2.28. The number of aromatic nitrogens is 1. The van der Waals surface area contributed by atoms with Gasteiger partial charge in [-0.15, -0.1) is 11.3 Å². The number of pyridine rings is 1. The molecule has 0 saturated carbocycles. The van der Waals surface area contributed by atoms with Gasteiger partial charge in [0.1, 0.15) is 0 Å². The molecule has 1 aromatic carbocycles. The fourth-order valence-corrected chi connectivity index (χ4v) is 2.57. The largest absolute Gasteiger partial charge is 0.298 e. The second-order valence-corrected chi connectivity index (χ2v) is 4.66. The van der Waals surface area contributed by atoms with Crippen LogP contribution in [0, 0.1) is 0 Å². The SMILES string of the molecule is O=Cc1cc2ccccc2nc1-c1cccs1. The van der Waals surface area contributed by atoms with Gasteiger partial charge in [-0.3, -0.25) is 4.79 Å². The second kappa shape index (κ2) is 4.11. The molecule has 17 heavy (non-hydrogen) atoms. The maximum Gasteiger partial charge on any atom is 0.152 e. The Morgan fingerprint density at radius 3 is 2.76 bits per heavy atom. The summed E-state index contributed by atoms with van der Waals surface area (Å²) in [6.07, 6.45) is 0.870. The van der Waals surface area contributed by atoms with Gasteiger partial charge in [0.05, 0.1) is 16.1 Å². The Morgan fingerprint density at radius 1 is 1.12 bits per heavy atom. The van der Waals surface area contributed by atoms with Crippen LogP contribution < -0.4 is 0 Å². The van der Waals surface area contributed by atoms with Crippen LogP contribution in [0.2, 0.25) is 0 Å². The summed E-state index contributed by atoms with van der Waals surface area (Å²) < 4.78 is 0. The molecular formula is C14H9NOS. The molecular weight excluding hydrogens is 230 g/mol. The fourth-order valence-electron chi connectivity index (χ4n) is 1.83. The van der Waals surface area contributed by atoms with Crippen molar-refractivity contribution in [2.24, 2.45) is 0 Å². The van der Waals surface area contributed by atoms with Gasteiger partial charge < -0.3 is 0 Å². The lowest BCUT2D eigenvalue weighted by molar-refractivity contribution is 0.112. The van der Waals surface area contributed by atoms with Crippen molar-refractivity contribution in [3.63, 3.8) is 0 Å². The molecule has 0 aliphatic rings. The maximum atomic E-state index is 11.1. The minimum atomic E-state index is 0.645. The van der Waals surface area contributed by atoms with Crippen LogP contribution in [0.15, 0.2) is 47.8 Å². The molecule has 0 spiro atoms. The Hall–Kier alpha value is -2.00. The fraction of sp³-hybridized carbons (Fsp3) is 0. The topological polar surface area (TPSA) is 30.0 Å². The van der Waals surface area contributed by atoms with Crippen LogP contribution >= 0.6 is 11.3 Å². The first-order valence-corrected chi connectivity index (χ1v) is 6.15. The number of aldehydes is 1. The minimum absolute atomic E-state index is 0.645. The summed E-state index contributed by atoms with van der Waals surface area (Å²) in [5.41, 5.74) is 2.33. The molecule has 0 aliphatic carbocycles. The third-order valence-corrected chi connectivity index (χ3v) is 3.51. The van der Waals surface area contributed by atoms with Crippen LogP contribution in [0.1, 0.15) is 10.4 Å². The number of carbonyl (C=O) groups excluding carboxylic acids is 1. The van der Waals surface area contributed by atoms with Crippen molar-refractivity contribution in [2.45, 2.75) is 0 Å². The highest BCUT2D eigenvalue weighted by Gasteiger charge is 2.09. The number of nitrogens with zero attached hydrogens (tertiary/aromatic N) is 1. The normalized spacial score (nSPS) is 10.6. The average Bonchev–Trinajstić information content (AvgIpc) is 2.91. The number of hydrogen-bond donors (Lipinski definition) is 0. The molecule has 0 aliphatic heterocycles. The van der Waals surface area contributed by atoms with E-state index in [2.05, 4.69) is 4.98 Å². The molecule has 2 nitrogen and oxygen atoms in total. The van der Waals surface area contributed by atoms with Gasteiger partial charge in [0.2, 0.25) is 0 Å². The lowest BCUT2D eigenvalue weighted by atomic mass is 10.1. The van der Waals surface area contributed by atoms with Crippen LogP contribution in [0.25, 0.3) is 21.5 Å². The van der Waals surface area contributed by atoms with Gasteiger partial charge in [-0.05, 0) is 23.6 Å². The van der Waals surface area contributed by atoms with Crippen molar-refractivity contribution in [3.8, 4) is 10.6 Å². The number of para-hydroxylation sites is 1. The Balaban J connectivity index is 2.33. The van der Waals surface area contributed by atoms with E-state index >= 15 is 0 Å². The van der Waals surface area contributed by atoms with Crippen LogP contribution in [0.5, 0.6) is 0 Å². The number of thiophene rings is 1. The molecule has 0 amide bonds. The summed E-state index contributed by atoms with van der Waals surface area (Å²) in [6, 6.07) is 13.7. The zero-order valence-corrected chi connectivity index (χ0v) is 9.78. The van der Waals surface area contributed by atoms with Gasteiger partial charge in [0, 0.05) is 10.9 Å². The van der Waals surface area contributed by atoms with E-state index in [1.54, 1.807) is 11.3 Å². The first-order valence-electron chi connectivity index (χ1n) is 5.27. The van der Waals surface area contributed by atoms with Gasteiger partial charge in [-0.25, -0.2) is 4.98 Å². The van der Waals surface area contributed by atoms with Crippen molar-refractivity contribution in [1.29, 1.82) is 0 Å². The lowest BCUT2D eigenvalue weighted by Gasteiger charge is -2.04. The van der Waals surface area contributed by atoms with E-state index < -0.39 is 0 Å². The Labute approximate surface area is 103 Å². The molecule has 3 aromatic rings. The van der Waals surface area contributed by atoms with Crippen molar-refractivity contribution in [2.75, 3.05) is 0 Å². The number of rotatable bonds is 2. The standard InChI is InChI=1S/C14H9NOS/c16-9-11-8-10-4-1-2-5-12(10)15-14(11)13-6-3-7-17-13/h1-9H. The molecule has 0 fully saturated rings. The Bertz CT molecular complexity index is 674. The summed E-state index contributed by atoms with van der Waals surface area (Å²) in [4.78, 5) is 16.7. The lowest BCUT2D eigenvalue weighted by Crippen LogP contribution is -1.91. The molecule has 0 atom stereocenters. The number of benzene rings is 1. The first-order chi connectivity index (χ1) is 8.38. The number of fused-ring (bicyclic) bond motifs is 1. The molecule has 0 saturated heterocycles. The zero-order chi connectivity index (χ0) is 11.7. The van der Waals surface area contributed by atoms with Gasteiger partial charge in [-0.2, -0.15) is 0 Å². The summed E-state index contributed by atoms with van der Waals surface area (Å²) in [5, 5.41) is 2.98. The summed E-state index contributed by atoms with van der Waals surface area (Å²) in [5.74, 6) is 0. The number of carbonyl (C=O) groups is 1. The molecule has 2 heterocycles. The zero-order valence-electron chi connectivity index (χ0n) is 8.96. The van der Waals surface area contributed by atoms with Crippen molar-refractivity contribution < 1.29 is 4.79 Å². The van der Waals surface area contributed by atoms with Gasteiger partial charge in [0.25, 0.3) is 0 Å². The maximum absolute atomic E-state index is 11.1. The van der Waals surface area contributed by atoms with Crippen molar-refractivity contribution in [1.82, 2.24) is 4.98 Å². The van der Waals surface area contributed by atoms with Crippen LogP contribution in [0.4, 0.5) is 0 Å². The molecule has 3 rings (SSSR count). The molecule has 0 bridgehead atoms. The summed E-state index contributed by atoms with van der Waals surface area (Å²) in [6.45, 7) is 0. The average molecular weight is 239 g/mol. The quantitative estimate of drug-likeness (QED) is 0.637. The third kappa shape index (κ3) is 1.74. The van der Waals surface area contributed by atoms with Gasteiger partial charge in [0.15, 0.2) is 6.29 Å². The molecule has 0 unspecified atom stereocenters. The summed E-state index contributed by atoms with van der Waals surface area (Å²) in [7, 11) is 0. The van der Waals surface area contributed by atoms with E-state index in [4.69, 9.17) is 0 Å². The molecule has 3 heteroatoms. The number of hydrogen-bond acceptors (Lipinski definition) is 3. The Kier molecular flexibility index (Phi) is 2.46. The van der Waals surface area contributed by atoms with E-state index in [-0.39, 0.29) is 0 Å². The monoisotopic (exact) mass is 239 g/mol. The van der Waals surface area contributed by atoms with Gasteiger partial charge >= 0.3 is 0 Å². The molecule has 82 valence electrons. The highest BCUT2D eigenvalue weighted by atomic mass is 32.1. The van der Waals surface area contributed by atoms with Crippen molar-refractivity contribution >= 4 is 28.5 Å². The smallest absolute Gasteiger partial charge is 0.152 e. The Morgan fingerprint density at radius 2 is 2.00 bits per heavy atom. The van der Waals surface area contributed by atoms with Crippen LogP contribution in [-0.2, 0) is 0 Å². The summed E-state index contributed by atoms with van der Waals surface area (Å²) >= 11 is 1.59. The van der Waals surface area contributed by atoms with Crippen molar-refractivity contribution in [3.05, 3.63) is 53.4 Å². The second-order valence-electron chi connectivity index (χ2n) is 3.71. The van der Waals surface area contributed by atoms with E-state index in [0.29, 0.717) is 5.56 Å². The minimum Gasteiger partial charge on any atom is -0.298 e. The van der Waals surface area contributed by atoms with Gasteiger partial charge in [-0.1, -0.05) is 24.3 Å². The third-order valence-electron chi connectivity index (χ3n) is 2.63. The van der Waals surface area contributed by atoms with E-state index in [1.807, 2.05) is 47.8 Å². The van der Waals surface area contributed by atoms with Crippen LogP contribution in [0.3, 0.4) is 0 Å². The van der Waals surface area contributed by atoms with Crippen LogP contribution in [-0.4, -0.2) is 11.3 Å².